The number of pyridine rings is 1. The van der Waals surface area contributed by atoms with Gasteiger partial charge < -0.3 is 17.2 Å². The fourth-order valence-corrected chi connectivity index (χ4v) is 2.92. The highest BCUT2D eigenvalue weighted by Crippen LogP contribution is 2.28. The number of benzene rings is 2. The average Bonchev–Trinajstić information content (AvgIpc) is 2.60. The Morgan fingerprint density at radius 1 is 0.792 bits per heavy atom. The molecule has 0 bridgehead atoms. The van der Waals surface area contributed by atoms with Gasteiger partial charge in [0, 0.05) is 0 Å². The van der Waals surface area contributed by atoms with E-state index >= 15 is 0 Å². The van der Waals surface area contributed by atoms with Crippen LogP contribution in [0, 0.1) is 0 Å². The maximum atomic E-state index is 6.48. The lowest BCUT2D eigenvalue weighted by atomic mass is 9.97. The SMILES string of the molecule is Nc1nc(N)c2nc(C(N)c3cccc4ccccc34)ccc2n1. The first-order valence-corrected chi connectivity index (χ1v) is 7.56. The van der Waals surface area contributed by atoms with E-state index in [-0.39, 0.29) is 17.8 Å². The molecule has 6 heteroatoms. The molecule has 2 heterocycles. The van der Waals surface area contributed by atoms with E-state index in [1.807, 2.05) is 36.4 Å². The summed E-state index contributed by atoms with van der Waals surface area (Å²) in [5.41, 5.74) is 20.9. The quantitative estimate of drug-likeness (QED) is 0.523. The van der Waals surface area contributed by atoms with Crippen molar-refractivity contribution in [1.29, 1.82) is 0 Å². The summed E-state index contributed by atoms with van der Waals surface area (Å²) in [4.78, 5) is 12.7. The minimum atomic E-state index is -0.377. The van der Waals surface area contributed by atoms with Gasteiger partial charge in [-0.3, -0.25) is 0 Å². The Balaban J connectivity index is 1.87. The zero-order chi connectivity index (χ0) is 16.7. The molecule has 0 radical (unpaired) electrons. The lowest BCUT2D eigenvalue weighted by molar-refractivity contribution is 0.843. The molecule has 0 aliphatic rings. The van der Waals surface area contributed by atoms with Crippen molar-refractivity contribution in [3.63, 3.8) is 0 Å². The topological polar surface area (TPSA) is 117 Å². The summed E-state index contributed by atoms with van der Waals surface area (Å²) in [5, 5.41) is 2.25. The summed E-state index contributed by atoms with van der Waals surface area (Å²) in [6.45, 7) is 0. The smallest absolute Gasteiger partial charge is 0.222 e. The first-order valence-electron chi connectivity index (χ1n) is 7.56. The monoisotopic (exact) mass is 316 g/mol. The molecule has 6 N–H and O–H groups in total. The Labute approximate surface area is 138 Å². The van der Waals surface area contributed by atoms with Gasteiger partial charge in [-0.05, 0) is 28.5 Å². The Hall–Kier alpha value is -3.25. The van der Waals surface area contributed by atoms with Crippen LogP contribution in [-0.2, 0) is 0 Å². The van der Waals surface area contributed by atoms with Crippen LogP contribution in [0.5, 0.6) is 0 Å². The molecule has 0 saturated carbocycles. The zero-order valence-electron chi connectivity index (χ0n) is 12.8. The minimum Gasteiger partial charge on any atom is -0.382 e. The van der Waals surface area contributed by atoms with Gasteiger partial charge in [-0.1, -0.05) is 42.5 Å². The third-order valence-electron chi connectivity index (χ3n) is 4.09. The van der Waals surface area contributed by atoms with E-state index in [2.05, 4.69) is 33.2 Å². The molecular formula is C18H16N6. The number of hydrogen-bond acceptors (Lipinski definition) is 6. The fraction of sp³-hybridized carbons (Fsp3) is 0.0556. The molecule has 0 aliphatic carbocycles. The molecular weight excluding hydrogens is 300 g/mol. The third-order valence-corrected chi connectivity index (χ3v) is 4.09. The van der Waals surface area contributed by atoms with Crippen LogP contribution in [-0.4, -0.2) is 15.0 Å². The van der Waals surface area contributed by atoms with Crippen LogP contribution < -0.4 is 17.2 Å². The normalized spacial score (nSPS) is 12.5. The van der Waals surface area contributed by atoms with Gasteiger partial charge in [0.05, 0.1) is 17.3 Å². The second kappa shape index (κ2) is 5.43. The largest absolute Gasteiger partial charge is 0.382 e. The van der Waals surface area contributed by atoms with E-state index in [9.17, 15) is 0 Å². The van der Waals surface area contributed by atoms with Gasteiger partial charge in [-0.15, -0.1) is 0 Å². The number of nitrogens with two attached hydrogens (primary N) is 3. The van der Waals surface area contributed by atoms with Crippen molar-refractivity contribution >= 4 is 33.6 Å². The Morgan fingerprint density at radius 2 is 1.58 bits per heavy atom. The van der Waals surface area contributed by atoms with Gasteiger partial charge in [0.15, 0.2) is 5.82 Å². The van der Waals surface area contributed by atoms with Gasteiger partial charge in [0.25, 0.3) is 0 Å². The third kappa shape index (κ3) is 2.29. The molecule has 1 atom stereocenters. The molecule has 0 saturated heterocycles. The van der Waals surface area contributed by atoms with Gasteiger partial charge in [-0.25, -0.2) is 9.97 Å². The molecule has 0 aliphatic heterocycles. The first kappa shape index (κ1) is 14.3. The van der Waals surface area contributed by atoms with Crippen molar-refractivity contribution in [3.05, 3.63) is 65.9 Å². The van der Waals surface area contributed by atoms with Crippen LogP contribution in [0.25, 0.3) is 21.8 Å². The molecule has 2 aromatic heterocycles. The molecule has 24 heavy (non-hydrogen) atoms. The highest BCUT2D eigenvalue weighted by molar-refractivity contribution is 5.87. The number of fused-ring (bicyclic) bond motifs is 2. The van der Waals surface area contributed by atoms with Gasteiger partial charge in [-0.2, -0.15) is 4.98 Å². The number of hydrogen-bond donors (Lipinski definition) is 3. The van der Waals surface area contributed by atoms with E-state index in [4.69, 9.17) is 17.2 Å². The van der Waals surface area contributed by atoms with E-state index in [0.29, 0.717) is 16.7 Å². The highest BCUT2D eigenvalue weighted by atomic mass is 15.0. The van der Waals surface area contributed by atoms with Crippen molar-refractivity contribution in [3.8, 4) is 0 Å². The van der Waals surface area contributed by atoms with Gasteiger partial charge in [0.2, 0.25) is 5.95 Å². The Kier molecular flexibility index (Phi) is 3.25. The minimum absolute atomic E-state index is 0.132. The van der Waals surface area contributed by atoms with Crippen molar-refractivity contribution in [2.24, 2.45) is 5.73 Å². The summed E-state index contributed by atoms with van der Waals surface area (Å²) in [6, 6.07) is 17.5. The molecule has 2 aromatic carbocycles. The molecule has 0 spiro atoms. The van der Waals surface area contributed by atoms with Crippen molar-refractivity contribution in [2.75, 3.05) is 11.5 Å². The molecule has 0 fully saturated rings. The summed E-state index contributed by atoms with van der Waals surface area (Å²) in [7, 11) is 0. The molecule has 118 valence electrons. The number of nitrogens with zero attached hydrogens (tertiary/aromatic N) is 3. The number of rotatable bonds is 2. The molecule has 1 unspecified atom stereocenters. The lowest BCUT2D eigenvalue weighted by Gasteiger charge is -2.15. The lowest BCUT2D eigenvalue weighted by Crippen LogP contribution is -2.14. The second-order valence-electron chi connectivity index (χ2n) is 5.62. The van der Waals surface area contributed by atoms with E-state index in [1.165, 1.54) is 0 Å². The zero-order valence-corrected chi connectivity index (χ0v) is 12.8. The fourth-order valence-electron chi connectivity index (χ4n) is 2.92. The van der Waals surface area contributed by atoms with Crippen LogP contribution in [0.2, 0.25) is 0 Å². The highest BCUT2D eigenvalue weighted by Gasteiger charge is 2.15. The van der Waals surface area contributed by atoms with Gasteiger partial charge >= 0.3 is 0 Å². The summed E-state index contributed by atoms with van der Waals surface area (Å²) < 4.78 is 0. The molecule has 4 rings (SSSR count). The van der Waals surface area contributed by atoms with E-state index < -0.39 is 0 Å². The second-order valence-corrected chi connectivity index (χ2v) is 5.62. The predicted octanol–water partition coefficient (Wildman–Crippen LogP) is 2.39. The molecule has 4 aromatic rings. The summed E-state index contributed by atoms with van der Waals surface area (Å²) in [6.07, 6.45) is 0. The van der Waals surface area contributed by atoms with Crippen LogP contribution in [0.3, 0.4) is 0 Å². The Bertz CT molecular complexity index is 1050. The summed E-state index contributed by atoms with van der Waals surface area (Å²) in [5.74, 6) is 0.386. The van der Waals surface area contributed by atoms with Crippen molar-refractivity contribution in [1.82, 2.24) is 15.0 Å². The summed E-state index contributed by atoms with van der Waals surface area (Å²) >= 11 is 0. The molecule has 6 nitrogen and oxygen atoms in total. The number of nitrogen functional groups attached to an aromatic ring is 2. The van der Waals surface area contributed by atoms with Crippen molar-refractivity contribution in [2.45, 2.75) is 6.04 Å². The Morgan fingerprint density at radius 3 is 2.46 bits per heavy atom. The number of aromatic nitrogens is 3. The average molecular weight is 316 g/mol. The maximum absolute atomic E-state index is 6.48. The number of anilines is 2. The van der Waals surface area contributed by atoms with Crippen LogP contribution in [0.1, 0.15) is 17.3 Å². The van der Waals surface area contributed by atoms with Crippen LogP contribution >= 0.6 is 0 Å². The van der Waals surface area contributed by atoms with E-state index in [1.54, 1.807) is 0 Å². The van der Waals surface area contributed by atoms with E-state index in [0.717, 1.165) is 16.3 Å². The van der Waals surface area contributed by atoms with Gasteiger partial charge in [0.1, 0.15) is 5.52 Å². The predicted molar refractivity (Wildman–Crippen MR) is 96.1 cm³/mol. The maximum Gasteiger partial charge on any atom is 0.222 e. The standard InChI is InChI=1S/C18H16N6/c19-15(12-7-3-5-10-4-1-2-6-11(10)12)13-8-9-14-16(22-13)17(20)24-18(21)23-14/h1-9,15H,19H2,(H4,20,21,23,24). The van der Waals surface area contributed by atoms with Crippen LogP contribution in [0.4, 0.5) is 11.8 Å². The first-order chi connectivity index (χ1) is 11.6. The van der Waals surface area contributed by atoms with Crippen LogP contribution in [0.15, 0.2) is 54.6 Å². The molecule has 0 amide bonds. The van der Waals surface area contributed by atoms with Crippen molar-refractivity contribution < 1.29 is 0 Å².